The van der Waals surface area contributed by atoms with Crippen LogP contribution < -0.4 is 0 Å². The lowest BCUT2D eigenvalue weighted by molar-refractivity contribution is -0.383. The molecular weight excluding hydrogens is 416 g/mol. The summed E-state index contributed by atoms with van der Waals surface area (Å²) < 4.78 is 1.14. The molecular formula is C27H16N2O2S. The number of thiazole rings is 1. The molecule has 0 saturated carbocycles. The van der Waals surface area contributed by atoms with Crippen molar-refractivity contribution in [3.05, 3.63) is 107 Å². The zero-order valence-corrected chi connectivity index (χ0v) is 17.7. The van der Waals surface area contributed by atoms with Crippen molar-refractivity contribution in [2.45, 2.75) is 0 Å². The largest absolute Gasteiger partial charge is 0.277 e. The average Bonchev–Trinajstić information content (AvgIpc) is 3.28. The van der Waals surface area contributed by atoms with Crippen LogP contribution >= 0.6 is 11.3 Å². The van der Waals surface area contributed by atoms with Crippen LogP contribution in [-0.4, -0.2) is 9.91 Å². The van der Waals surface area contributed by atoms with E-state index < -0.39 is 0 Å². The molecule has 0 fully saturated rings. The molecule has 0 aliphatic carbocycles. The van der Waals surface area contributed by atoms with Crippen molar-refractivity contribution in [2.75, 3.05) is 0 Å². The van der Waals surface area contributed by atoms with Gasteiger partial charge in [0.2, 0.25) is 0 Å². The van der Waals surface area contributed by atoms with Crippen LogP contribution in [0, 0.1) is 10.1 Å². The smallest absolute Gasteiger partial charge is 0.258 e. The first-order valence-corrected chi connectivity index (χ1v) is 11.1. The van der Waals surface area contributed by atoms with Gasteiger partial charge in [0.25, 0.3) is 5.69 Å². The van der Waals surface area contributed by atoms with Crippen LogP contribution in [0.25, 0.3) is 53.5 Å². The van der Waals surface area contributed by atoms with Crippen molar-refractivity contribution >= 4 is 48.8 Å². The number of hydrogen-bond donors (Lipinski definition) is 0. The van der Waals surface area contributed by atoms with Gasteiger partial charge in [0.1, 0.15) is 5.01 Å². The minimum Gasteiger partial charge on any atom is -0.258 e. The van der Waals surface area contributed by atoms with Gasteiger partial charge >= 0.3 is 0 Å². The Balaban J connectivity index is 1.61. The van der Waals surface area contributed by atoms with Crippen molar-refractivity contribution < 1.29 is 4.92 Å². The molecule has 1 heterocycles. The molecule has 5 heteroatoms. The van der Waals surface area contributed by atoms with E-state index in [1.807, 2.05) is 54.6 Å². The van der Waals surface area contributed by atoms with E-state index in [0.717, 1.165) is 42.7 Å². The minimum absolute atomic E-state index is 0.119. The lowest BCUT2D eigenvalue weighted by Gasteiger charge is -2.11. The van der Waals surface area contributed by atoms with Gasteiger partial charge in [0.15, 0.2) is 0 Å². The highest BCUT2D eigenvalue weighted by atomic mass is 32.1. The van der Waals surface area contributed by atoms with E-state index in [4.69, 9.17) is 4.98 Å². The Labute approximate surface area is 187 Å². The Morgan fingerprint density at radius 3 is 2.16 bits per heavy atom. The number of fused-ring (bicyclic) bond motifs is 4. The van der Waals surface area contributed by atoms with E-state index in [-0.39, 0.29) is 10.6 Å². The van der Waals surface area contributed by atoms with Crippen LogP contribution in [-0.2, 0) is 0 Å². The normalized spacial score (nSPS) is 11.4. The zero-order chi connectivity index (χ0) is 21.7. The first-order valence-electron chi connectivity index (χ1n) is 10.2. The molecule has 152 valence electrons. The summed E-state index contributed by atoms with van der Waals surface area (Å²) in [6, 6.07) is 31.7. The lowest BCUT2D eigenvalue weighted by Crippen LogP contribution is -1.92. The molecule has 0 aliphatic rings. The van der Waals surface area contributed by atoms with Crippen LogP contribution in [0.4, 0.5) is 5.69 Å². The lowest BCUT2D eigenvalue weighted by atomic mass is 9.94. The first kappa shape index (κ1) is 18.7. The Hall–Kier alpha value is -4.09. The molecule has 32 heavy (non-hydrogen) atoms. The van der Waals surface area contributed by atoms with Crippen molar-refractivity contribution in [2.24, 2.45) is 0 Å². The highest BCUT2D eigenvalue weighted by molar-refractivity contribution is 7.21. The number of non-ortho nitro benzene ring substituents is 1. The summed E-state index contributed by atoms with van der Waals surface area (Å²) >= 11 is 1.67. The molecule has 0 unspecified atom stereocenters. The van der Waals surface area contributed by atoms with Gasteiger partial charge in [0, 0.05) is 17.0 Å². The monoisotopic (exact) mass is 432 g/mol. The van der Waals surface area contributed by atoms with Gasteiger partial charge in [-0.2, -0.15) is 0 Å². The van der Waals surface area contributed by atoms with E-state index in [1.54, 1.807) is 17.4 Å². The maximum Gasteiger partial charge on any atom is 0.277 e. The second-order valence-electron chi connectivity index (χ2n) is 7.63. The summed E-state index contributed by atoms with van der Waals surface area (Å²) in [7, 11) is 0. The fourth-order valence-electron chi connectivity index (χ4n) is 4.36. The summed E-state index contributed by atoms with van der Waals surface area (Å²) in [5, 5.41) is 16.3. The molecule has 0 spiro atoms. The Bertz CT molecular complexity index is 1670. The Morgan fingerprint density at radius 2 is 1.34 bits per heavy atom. The van der Waals surface area contributed by atoms with Crippen molar-refractivity contribution in [3.63, 3.8) is 0 Å². The molecule has 1 aromatic heterocycles. The van der Waals surface area contributed by atoms with Gasteiger partial charge in [-0.15, -0.1) is 11.3 Å². The summed E-state index contributed by atoms with van der Waals surface area (Å²) in [6.07, 6.45) is 0. The van der Waals surface area contributed by atoms with Crippen LogP contribution in [0.5, 0.6) is 0 Å². The second kappa shape index (κ2) is 7.25. The molecule has 0 atom stereocenters. The van der Waals surface area contributed by atoms with Crippen molar-refractivity contribution in [1.29, 1.82) is 0 Å². The summed E-state index contributed by atoms with van der Waals surface area (Å²) in [6.45, 7) is 0. The third kappa shape index (κ3) is 2.87. The number of benzene rings is 5. The maximum atomic E-state index is 11.6. The SMILES string of the molecule is O=[N+]([O-])c1ccc(-c2ccccc2-c2nc3c(ccc4ccccc43)s2)c2ccccc12. The van der Waals surface area contributed by atoms with Crippen LogP contribution in [0.3, 0.4) is 0 Å². The van der Waals surface area contributed by atoms with Crippen molar-refractivity contribution in [3.8, 4) is 21.7 Å². The fourth-order valence-corrected chi connectivity index (χ4v) is 5.38. The van der Waals surface area contributed by atoms with Gasteiger partial charge in [-0.05, 0) is 40.1 Å². The minimum atomic E-state index is -0.323. The molecule has 6 rings (SSSR count). The molecule has 4 nitrogen and oxygen atoms in total. The van der Waals surface area contributed by atoms with Crippen LogP contribution in [0.2, 0.25) is 0 Å². The van der Waals surface area contributed by atoms with E-state index in [9.17, 15) is 10.1 Å². The molecule has 0 aliphatic heterocycles. The molecule has 5 aromatic carbocycles. The predicted octanol–water partition coefficient (Wildman–Crippen LogP) is 7.84. The summed E-state index contributed by atoms with van der Waals surface area (Å²) in [5.74, 6) is 0. The highest BCUT2D eigenvalue weighted by Gasteiger charge is 2.18. The highest BCUT2D eigenvalue weighted by Crippen LogP contribution is 2.41. The second-order valence-corrected chi connectivity index (χ2v) is 8.66. The zero-order valence-electron chi connectivity index (χ0n) is 16.9. The molecule has 0 N–H and O–H groups in total. The van der Waals surface area contributed by atoms with Gasteiger partial charge in [-0.1, -0.05) is 72.8 Å². The predicted molar refractivity (Wildman–Crippen MR) is 132 cm³/mol. The standard InChI is InChI=1S/C27H16N2O2S/c30-29(31)24-15-14-21(19-9-3-5-11-22(19)24)20-10-4-6-12-23(20)27-28-26-18-8-2-1-7-17(18)13-16-25(26)32-27/h1-16H. The van der Waals surface area contributed by atoms with Gasteiger partial charge < -0.3 is 0 Å². The third-order valence-corrected chi connectivity index (χ3v) is 6.88. The number of nitro groups is 1. The van der Waals surface area contributed by atoms with E-state index in [0.29, 0.717) is 5.39 Å². The van der Waals surface area contributed by atoms with Crippen LogP contribution in [0.1, 0.15) is 0 Å². The Kier molecular flexibility index (Phi) is 4.23. The molecule has 0 bridgehead atoms. The number of nitrogens with zero attached hydrogens (tertiary/aromatic N) is 2. The topological polar surface area (TPSA) is 56.0 Å². The summed E-state index contributed by atoms with van der Waals surface area (Å²) in [4.78, 5) is 16.3. The number of aromatic nitrogens is 1. The fraction of sp³-hybridized carbons (Fsp3) is 0. The average molecular weight is 433 g/mol. The van der Waals surface area contributed by atoms with E-state index in [1.165, 1.54) is 5.39 Å². The number of nitro benzene ring substituents is 1. The maximum absolute atomic E-state index is 11.6. The van der Waals surface area contributed by atoms with Gasteiger partial charge in [0.05, 0.1) is 20.5 Å². The van der Waals surface area contributed by atoms with Crippen molar-refractivity contribution in [1.82, 2.24) is 4.98 Å². The summed E-state index contributed by atoms with van der Waals surface area (Å²) in [5.41, 5.74) is 4.13. The Morgan fingerprint density at radius 1 is 0.656 bits per heavy atom. The van der Waals surface area contributed by atoms with E-state index in [2.05, 4.69) is 36.4 Å². The van der Waals surface area contributed by atoms with Gasteiger partial charge in [-0.3, -0.25) is 10.1 Å². The van der Waals surface area contributed by atoms with E-state index >= 15 is 0 Å². The van der Waals surface area contributed by atoms with Gasteiger partial charge in [-0.25, -0.2) is 4.98 Å². The molecule has 6 aromatic rings. The molecule has 0 amide bonds. The number of hydrogen-bond acceptors (Lipinski definition) is 4. The number of rotatable bonds is 3. The quantitative estimate of drug-likeness (QED) is 0.211. The first-order chi connectivity index (χ1) is 15.7. The molecule has 0 radical (unpaired) electrons. The molecule has 0 saturated heterocycles. The third-order valence-electron chi connectivity index (χ3n) is 5.83. The van der Waals surface area contributed by atoms with Crippen LogP contribution in [0.15, 0.2) is 97.1 Å².